The fourth-order valence-electron chi connectivity index (χ4n) is 1.98. The van der Waals surface area contributed by atoms with Gasteiger partial charge in [0, 0.05) is 25.0 Å². The molecule has 0 aliphatic rings. The van der Waals surface area contributed by atoms with Gasteiger partial charge in [0.2, 0.25) is 0 Å². The number of pyridine rings is 1. The molecule has 0 aliphatic heterocycles. The van der Waals surface area contributed by atoms with Gasteiger partial charge in [-0.15, -0.1) is 0 Å². The Morgan fingerprint density at radius 2 is 2.00 bits per heavy atom. The van der Waals surface area contributed by atoms with Crippen LogP contribution < -0.4 is 10.6 Å². The fraction of sp³-hybridized carbons (Fsp3) is 0.200. The first-order chi connectivity index (χ1) is 9.60. The summed E-state index contributed by atoms with van der Waals surface area (Å²) in [4.78, 5) is 6.15. The molecule has 0 saturated carbocycles. The van der Waals surface area contributed by atoms with Crippen LogP contribution >= 0.6 is 0 Å². The van der Waals surface area contributed by atoms with Crippen LogP contribution in [0, 0.1) is 11.2 Å². The van der Waals surface area contributed by atoms with Crippen LogP contribution in [0.3, 0.4) is 0 Å². The molecule has 20 heavy (non-hydrogen) atoms. The Morgan fingerprint density at radius 3 is 2.60 bits per heavy atom. The highest BCUT2D eigenvalue weighted by Crippen LogP contribution is 2.17. The third-order valence-corrected chi connectivity index (χ3v) is 3.05. The molecule has 1 aromatic carbocycles. The minimum absolute atomic E-state index is 0.0447. The summed E-state index contributed by atoms with van der Waals surface area (Å²) in [5.41, 5.74) is 7.87. The van der Waals surface area contributed by atoms with Gasteiger partial charge in [0.15, 0.2) is 0 Å². The van der Waals surface area contributed by atoms with Gasteiger partial charge in [0.1, 0.15) is 17.3 Å². The van der Waals surface area contributed by atoms with Crippen LogP contribution in [0.2, 0.25) is 0 Å². The molecule has 0 atom stereocenters. The van der Waals surface area contributed by atoms with E-state index in [-0.39, 0.29) is 11.7 Å². The topological polar surface area (TPSA) is 66.0 Å². The van der Waals surface area contributed by atoms with Gasteiger partial charge in [-0.05, 0) is 48.9 Å². The molecule has 4 nitrogen and oxygen atoms in total. The lowest BCUT2D eigenvalue weighted by Crippen LogP contribution is -2.22. The zero-order valence-corrected chi connectivity index (χ0v) is 11.3. The molecule has 0 saturated heterocycles. The molecule has 0 fully saturated rings. The van der Waals surface area contributed by atoms with Crippen molar-refractivity contribution in [2.75, 3.05) is 11.4 Å². The standard InChI is InChI=1S/C15H17FN4/c1-2-20(13-5-3-12(16)4-6-13)10-11-7-8-19-14(9-11)15(17)18/h3-9H,2,10H2,1H3,(H3,17,18). The Balaban J connectivity index is 2.19. The zero-order valence-electron chi connectivity index (χ0n) is 11.3. The summed E-state index contributed by atoms with van der Waals surface area (Å²) < 4.78 is 13.0. The van der Waals surface area contributed by atoms with E-state index in [0.717, 1.165) is 17.8 Å². The van der Waals surface area contributed by atoms with Crippen molar-refractivity contribution in [2.24, 2.45) is 5.73 Å². The number of amidine groups is 1. The Labute approximate surface area is 117 Å². The summed E-state index contributed by atoms with van der Waals surface area (Å²) in [5, 5.41) is 7.41. The Bertz CT molecular complexity index is 595. The second kappa shape index (κ2) is 6.14. The molecule has 3 N–H and O–H groups in total. The summed E-state index contributed by atoms with van der Waals surface area (Å²) in [6, 6.07) is 10.1. The van der Waals surface area contributed by atoms with Crippen molar-refractivity contribution >= 4 is 11.5 Å². The van der Waals surface area contributed by atoms with Crippen LogP contribution in [-0.4, -0.2) is 17.4 Å². The number of nitrogen functional groups attached to an aromatic ring is 1. The molecule has 2 rings (SSSR count). The minimum Gasteiger partial charge on any atom is -0.382 e. The molecule has 5 heteroatoms. The van der Waals surface area contributed by atoms with Crippen LogP contribution in [0.25, 0.3) is 0 Å². The summed E-state index contributed by atoms with van der Waals surface area (Å²) in [5.74, 6) is -0.288. The average molecular weight is 272 g/mol. The van der Waals surface area contributed by atoms with Crippen molar-refractivity contribution in [3.8, 4) is 0 Å². The molecule has 0 spiro atoms. The molecule has 2 aromatic rings. The second-order valence-corrected chi connectivity index (χ2v) is 4.45. The number of nitrogens with one attached hydrogen (secondary N) is 1. The molecule has 0 bridgehead atoms. The molecule has 0 radical (unpaired) electrons. The molecule has 0 aliphatic carbocycles. The van der Waals surface area contributed by atoms with Crippen LogP contribution in [0.5, 0.6) is 0 Å². The Kier molecular flexibility index (Phi) is 4.30. The van der Waals surface area contributed by atoms with E-state index in [9.17, 15) is 4.39 Å². The number of aromatic nitrogens is 1. The zero-order chi connectivity index (χ0) is 14.5. The van der Waals surface area contributed by atoms with Gasteiger partial charge < -0.3 is 10.6 Å². The van der Waals surface area contributed by atoms with Gasteiger partial charge in [-0.25, -0.2) is 4.39 Å². The molecule has 1 heterocycles. The SMILES string of the molecule is CCN(Cc1ccnc(C(=N)N)c1)c1ccc(F)cc1. The van der Waals surface area contributed by atoms with E-state index in [1.165, 1.54) is 12.1 Å². The van der Waals surface area contributed by atoms with Crippen molar-refractivity contribution in [2.45, 2.75) is 13.5 Å². The van der Waals surface area contributed by atoms with Crippen LogP contribution in [0.1, 0.15) is 18.2 Å². The lowest BCUT2D eigenvalue weighted by molar-refractivity contribution is 0.627. The monoisotopic (exact) mass is 272 g/mol. The minimum atomic E-state index is -0.243. The predicted octanol–water partition coefficient (Wildman–Crippen LogP) is 2.53. The van der Waals surface area contributed by atoms with Gasteiger partial charge >= 0.3 is 0 Å². The molecule has 104 valence electrons. The summed E-state index contributed by atoms with van der Waals surface area (Å²) >= 11 is 0. The van der Waals surface area contributed by atoms with Crippen molar-refractivity contribution in [1.29, 1.82) is 5.41 Å². The second-order valence-electron chi connectivity index (χ2n) is 4.45. The van der Waals surface area contributed by atoms with E-state index < -0.39 is 0 Å². The summed E-state index contributed by atoms with van der Waals surface area (Å²) in [6.45, 7) is 3.49. The molecule has 1 aromatic heterocycles. The van der Waals surface area contributed by atoms with E-state index in [1.807, 2.05) is 13.0 Å². The van der Waals surface area contributed by atoms with Crippen LogP contribution in [0.15, 0.2) is 42.6 Å². The smallest absolute Gasteiger partial charge is 0.141 e. The summed E-state index contributed by atoms with van der Waals surface area (Å²) in [6.07, 6.45) is 1.64. The number of hydrogen-bond acceptors (Lipinski definition) is 3. The largest absolute Gasteiger partial charge is 0.382 e. The third-order valence-electron chi connectivity index (χ3n) is 3.05. The lowest BCUT2D eigenvalue weighted by Gasteiger charge is -2.23. The maximum atomic E-state index is 13.0. The maximum absolute atomic E-state index is 13.0. The molecule has 0 amide bonds. The molecular formula is C15H17FN4. The average Bonchev–Trinajstić information content (AvgIpc) is 2.46. The highest BCUT2D eigenvalue weighted by Gasteiger charge is 2.07. The van der Waals surface area contributed by atoms with Crippen molar-refractivity contribution in [3.63, 3.8) is 0 Å². The van der Waals surface area contributed by atoms with Gasteiger partial charge in [-0.1, -0.05) is 0 Å². The van der Waals surface area contributed by atoms with Gasteiger partial charge in [-0.2, -0.15) is 0 Å². The number of anilines is 1. The number of nitrogens with zero attached hydrogens (tertiary/aromatic N) is 2. The van der Waals surface area contributed by atoms with E-state index in [2.05, 4.69) is 9.88 Å². The fourth-order valence-corrected chi connectivity index (χ4v) is 1.98. The molecule has 0 unspecified atom stereocenters. The van der Waals surface area contributed by atoms with Crippen molar-refractivity contribution in [3.05, 3.63) is 59.7 Å². The first kappa shape index (κ1) is 14.0. The van der Waals surface area contributed by atoms with E-state index >= 15 is 0 Å². The number of benzene rings is 1. The maximum Gasteiger partial charge on any atom is 0.141 e. The first-order valence-electron chi connectivity index (χ1n) is 6.40. The highest BCUT2D eigenvalue weighted by molar-refractivity contribution is 5.93. The molecular weight excluding hydrogens is 255 g/mol. The third kappa shape index (κ3) is 3.32. The predicted molar refractivity (Wildman–Crippen MR) is 78.4 cm³/mol. The van der Waals surface area contributed by atoms with Crippen LogP contribution in [0.4, 0.5) is 10.1 Å². The lowest BCUT2D eigenvalue weighted by atomic mass is 10.2. The Hall–Kier alpha value is -2.43. The normalized spacial score (nSPS) is 10.3. The van der Waals surface area contributed by atoms with Gasteiger partial charge in [0.25, 0.3) is 0 Å². The first-order valence-corrected chi connectivity index (χ1v) is 6.40. The van der Waals surface area contributed by atoms with Gasteiger partial charge in [-0.3, -0.25) is 10.4 Å². The Morgan fingerprint density at radius 1 is 1.30 bits per heavy atom. The van der Waals surface area contributed by atoms with Crippen molar-refractivity contribution in [1.82, 2.24) is 4.98 Å². The number of halogens is 1. The van der Waals surface area contributed by atoms with Crippen molar-refractivity contribution < 1.29 is 4.39 Å². The van der Waals surface area contributed by atoms with Crippen LogP contribution in [-0.2, 0) is 6.54 Å². The number of hydrogen-bond donors (Lipinski definition) is 2. The number of nitrogens with two attached hydrogens (primary N) is 1. The quantitative estimate of drug-likeness (QED) is 0.649. The van der Waals surface area contributed by atoms with E-state index in [4.69, 9.17) is 11.1 Å². The van der Waals surface area contributed by atoms with E-state index in [0.29, 0.717) is 12.2 Å². The van der Waals surface area contributed by atoms with E-state index in [1.54, 1.807) is 24.4 Å². The number of rotatable bonds is 5. The highest BCUT2D eigenvalue weighted by atomic mass is 19.1. The summed E-state index contributed by atoms with van der Waals surface area (Å²) in [7, 11) is 0. The van der Waals surface area contributed by atoms with Gasteiger partial charge in [0.05, 0.1) is 0 Å².